The van der Waals surface area contributed by atoms with Crippen LogP contribution in [0.4, 0.5) is 0 Å². The fraction of sp³-hybridized carbons (Fsp3) is 0.182. The van der Waals surface area contributed by atoms with Gasteiger partial charge in [-0.2, -0.15) is 4.98 Å². The standard InChI is InChI=1S/C22H19N3O2S/c1-15-24-21(25-27-15)18-10-5-9-17(13-18)20(26)12-6-11-19-14-23-22(28-19)16-7-3-2-4-8-16/h2-5,7-10,13-14H,6,11-12H2,1H3. The predicted molar refractivity (Wildman–Crippen MR) is 109 cm³/mol. The zero-order valence-corrected chi connectivity index (χ0v) is 16.3. The molecule has 2 heterocycles. The second-order valence-corrected chi connectivity index (χ2v) is 7.61. The number of thiazole rings is 1. The monoisotopic (exact) mass is 389 g/mol. The quantitative estimate of drug-likeness (QED) is 0.397. The van der Waals surface area contributed by atoms with Crippen molar-refractivity contribution in [2.75, 3.05) is 0 Å². The van der Waals surface area contributed by atoms with E-state index >= 15 is 0 Å². The van der Waals surface area contributed by atoms with Crippen LogP contribution in [-0.4, -0.2) is 20.9 Å². The van der Waals surface area contributed by atoms with Crippen molar-refractivity contribution in [1.82, 2.24) is 15.1 Å². The number of hydrogen-bond donors (Lipinski definition) is 0. The Morgan fingerprint density at radius 2 is 1.89 bits per heavy atom. The van der Waals surface area contributed by atoms with Crippen LogP contribution in [0.5, 0.6) is 0 Å². The van der Waals surface area contributed by atoms with Gasteiger partial charge in [-0.1, -0.05) is 53.7 Å². The minimum Gasteiger partial charge on any atom is -0.339 e. The van der Waals surface area contributed by atoms with Crippen molar-refractivity contribution in [2.45, 2.75) is 26.2 Å². The summed E-state index contributed by atoms with van der Waals surface area (Å²) in [6.45, 7) is 1.74. The van der Waals surface area contributed by atoms with E-state index in [9.17, 15) is 4.79 Å². The number of benzene rings is 2. The highest BCUT2D eigenvalue weighted by atomic mass is 32.1. The van der Waals surface area contributed by atoms with E-state index < -0.39 is 0 Å². The van der Waals surface area contributed by atoms with Gasteiger partial charge in [0.05, 0.1) is 0 Å². The van der Waals surface area contributed by atoms with E-state index in [-0.39, 0.29) is 5.78 Å². The van der Waals surface area contributed by atoms with Gasteiger partial charge in [-0.3, -0.25) is 4.79 Å². The Kier molecular flexibility index (Phi) is 5.39. The molecular formula is C22H19N3O2S. The van der Waals surface area contributed by atoms with E-state index in [0.717, 1.165) is 29.0 Å². The van der Waals surface area contributed by atoms with Crippen molar-refractivity contribution >= 4 is 17.1 Å². The van der Waals surface area contributed by atoms with E-state index in [1.807, 2.05) is 48.7 Å². The van der Waals surface area contributed by atoms with Gasteiger partial charge in [0.2, 0.25) is 11.7 Å². The smallest absolute Gasteiger partial charge is 0.223 e. The largest absolute Gasteiger partial charge is 0.339 e. The van der Waals surface area contributed by atoms with Crippen molar-refractivity contribution in [3.05, 3.63) is 77.1 Å². The Morgan fingerprint density at radius 3 is 2.68 bits per heavy atom. The molecule has 0 unspecified atom stereocenters. The van der Waals surface area contributed by atoms with Gasteiger partial charge in [-0.05, 0) is 18.9 Å². The van der Waals surface area contributed by atoms with E-state index in [1.54, 1.807) is 18.3 Å². The first kappa shape index (κ1) is 18.3. The van der Waals surface area contributed by atoms with E-state index in [0.29, 0.717) is 23.7 Å². The molecule has 5 nitrogen and oxygen atoms in total. The minimum absolute atomic E-state index is 0.120. The molecule has 0 aliphatic rings. The number of hydrogen-bond acceptors (Lipinski definition) is 6. The van der Waals surface area contributed by atoms with Gasteiger partial charge < -0.3 is 4.52 Å². The van der Waals surface area contributed by atoms with Gasteiger partial charge in [-0.25, -0.2) is 4.98 Å². The Morgan fingerprint density at radius 1 is 1.07 bits per heavy atom. The zero-order chi connectivity index (χ0) is 19.3. The average Bonchev–Trinajstić information content (AvgIpc) is 3.38. The van der Waals surface area contributed by atoms with Crippen LogP contribution in [0.15, 0.2) is 65.3 Å². The maximum absolute atomic E-state index is 12.6. The summed E-state index contributed by atoms with van der Waals surface area (Å²) in [4.78, 5) is 22.5. The molecule has 0 aliphatic carbocycles. The lowest BCUT2D eigenvalue weighted by Crippen LogP contribution is -2.00. The zero-order valence-electron chi connectivity index (χ0n) is 15.5. The lowest BCUT2D eigenvalue weighted by molar-refractivity contribution is 0.0980. The van der Waals surface area contributed by atoms with Gasteiger partial charge in [0.25, 0.3) is 0 Å². The molecule has 0 saturated heterocycles. The lowest BCUT2D eigenvalue weighted by atomic mass is 10.0. The number of aromatic nitrogens is 3. The first-order valence-electron chi connectivity index (χ1n) is 9.13. The predicted octanol–water partition coefficient (Wildman–Crippen LogP) is 5.37. The van der Waals surface area contributed by atoms with E-state index in [2.05, 4.69) is 27.3 Å². The van der Waals surface area contributed by atoms with Crippen molar-refractivity contribution in [3.8, 4) is 22.0 Å². The molecule has 0 bridgehead atoms. The van der Waals surface area contributed by atoms with Gasteiger partial charge in [0, 0.05) is 41.1 Å². The second kappa shape index (κ2) is 8.27. The number of ketones is 1. The summed E-state index contributed by atoms with van der Waals surface area (Å²) in [6, 6.07) is 17.5. The highest BCUT2D eigenvalue weighted by molar-refractivity contribution is 7.15. The third-order valence-electron chi connectivity index (χ3n) is 4.37. The Balaban J connectivity index is 1.36. The number of carbonyl (C=O) groups excluding carboxylic acids is 1. The second-order valence-electron chi connectivity index (χ2n) is 6.49. The average molecular weight is 389 g/mol. The topological polar surface area (TPSA) is 68.9 Å². The van der Waals surface area contributed by atoms with Crippen molar-refractivity contribution in [1.29, 1.82) is 0 Å². The van der Waals surface area contributed by atoms with Crippen molar-refractivity contribution in [3.63, 3.8) is 0 Å². The highest BCUT2D eigenvalue weighted by Crippen LogP contribution is 2.26. The molecule has 0 spiro atoms. The number of rotatable bonds is 7. The van der Waals surface area contributed by atoms with Crippen molar-refractivity contribution in [2.24, 2.45) is 0 Å². The Bertz CT molecular complexity index is 1090. The van der Waals surface area contributed by atoms with Crippen LogP contribution in [-0.2, 0) is 6.42 Å². The van der Waals surface area contributed by atoms with Crippen LogP contribution >= 0.6 is 11.3 Å². The third kappa shape index (κ3) is 4.23. The van der Waals surface area contributed by atoms with Crippen LogP contribution in [0.2, 0.25) is 0 Å². The Hall–Kier alpha value is -3.12. The molecule has 0 N–H and O–H groups in total. The summed E-state index contributed by atoms with van der Waals surface area (Å²) < 4.78 is 5.02. The summed E-state index contributed by atoms with van der Waals surface area (Å²) in [5, 5.41) is 4.93. The molecule has 0 amide bonds. The Labute approximate surface area is 167 Å². The fourth-order valence-corrected chi connectivity index (χ4v) is 3.91. The molecule has 0 aliphatic heterocycles. The van der Waals surface area contributed by atoms with Crippen LogP contribution < -0.4 is 0 Å². The molecular weight excluding hydrogens is 370 g/mol. The summed E-state index contributed by atoms with van der Waals surface area (Å²) >= 11 is 1.69. The molecule has 140 valence electrons. The normalized spacial score (nSPS) is 10.9. The summed E-state index contributed by atoms with van der Waals surface area (Å²) in [5.74, 6) is 1.13. The van der Waals surface area contributed by atoms with Crippen molar-refractivity contribution < 1.29 is 9.32 Å². The number of Topliss-reactive ketones (excluding diaryl/α,β-unsaturated/α-hetero) is 1. The minimum atomic E-state index is 0.120. The summed E-state index contributed by atoms with van der Waals surface area (Å²) in [7, 11) is 0. The highest BCUT2D eigenvalue weighted by Gasteiger charge is 2.11. The molecule has 0 atom stereocenters. The van der Waals surface area contributed by atoms with Gasteiger partial charge in [0.15, 0.2) is 5.78 Å². The fourth-order valence-electron chi connectivity index (χ4n) is 2.95. The van der Waals surface area contributed by atoms with Crippen LogP contribution in [0.1, 0.15) is 34.0 Å². The lowest BCUT2D eigenvalue weighted by Gasteiger charge is -2.02. The molecule has 4 rings (SSSR count). The molecule has 2 aromatic carbocycles. The van der Waals surface area contributed by atoms with E-state index in [1.165, 1.54) is 4.88 Å². The van der Waals surface area contributed by atoms with Gasteiger partial charge in [-0.15, -0.1) is 11.3 Å². The molecule has 2 aromatic heterocycles. The first-order valence-corrected chi connectivity index (χ1v) is 9.95. The summed E-state index contributed by atoms with van der Waals surface area (Å²) in [6.07, 6.45) is 4.05. The van der Waals surface area contributed by atoms with Crippen LogP contribution in [0, 0.1) is 6.92 Å². The SMILES string of the molecule is Cc1nc(-c2cccc(C(=O)CCCc3cnc(-c4ccccc4)s3)c2)no1. The summed E-state index contributed by atoms with van der Waals surface area (Å²) in [5.41, 5.74) is 2.59. The molecule has 28 heavy (non-hydrogen) atoms. The first-order chi connectivity index (χ1) is 13.7. The maximum atomic E-state index is 12.6. The molecule has 0 radical (unpaired) electrons. The maximum Gasteiger partial charge on any atom is 0.223 e. The molecule has 4 aromatic rings. The molecule has 0 saturated carbocycles. The van der Waals surface area contributed by atoms with E-state index in [4.69, 9.17) is 4.52 Å². The van der Waals surface area contributed by atoms with Crippen LogP contribution in [0.25, 0.3) is 22.0 Å². The number of carbonyl (C=O) groups is 1. The molecule has 0 fully saturated rings. The molecule has 6 heteroatoms. The van der Waals surface area contributed by atoms with Crippen LogP contribution in [0.3, 0.4) is 0 Å². The van der Waals surface area contributed by atoms with Gasteiger partial charge >= 0.3 is 0 Å². The van der Waals surface area contributed by atoms with Gasteiger partial charge in [0.1, 0.15) is 5.01 Å². The number of nitrogens with zero attached hydrogens (tertiary/aromatic N) is 3. The number of aryl methyl sites for hydroxylation is 2. The third-order valence-corrected chi connectivity index (χ3v) is 5.48.